The molecule has 0 aromatic heterocycles. The van der Waals surface area contributed by atoms with Crippen LogP contribution in [0.5, 0.6) is 0 Å². The lowest BCUT2D eigenvalue weighted by Gasteiger charge is -2.23. The van der Waals surface area contributed by atoms with Crippen LogP contribution in [0.2, 0.25) is 0 Å². The van der Waals surface area contributed by atoms with Gasteiger partial charge in [-0.3, -0.25) is 9.59 Å². The Morgan fingerprint density at radius 3 is 0.906 bits per heavy atom. The van der Waals surface area contributed by atoms with E-state index in [0.717, 1.165) is 88.7 Å². The third kappa shape index (κ3) is 7.67. The molecule has 0 heterocycles. The predicted octanol–water partition coefficient (Wildman–Crippen LogP) is 14.6. The van der Waals surface area contributed by atoms with Crippen molar-refractivity contribution in [2.75, 3.05) is 0 Å². The zero-order chi connectivity index (χ0) is 43.6. The minimum Gasteiger partial charge on any atom is -0.289 e. The molecule has 0 fully saturated rings. The van der Waals surface area contributed by atoms with Crippen LogP contribution < -0.4 is 0 Å². The van der Waals surface area contributed by atoms with Crippen LogP contribution in [0.15, 0.2) is 242 Å². The van der Waals surface area contributed by atoms with Crippen molar-refractivity contribution in [2.24, 2.45) is 0 Å². The van der Waals surface area contributed by atoms with E-state index in [0.29, 0.717) is 22.3 Å². The first-order chi connectivity index (χ1) is 31.4. The summed E-state index contributed by atoms with van der Waals surface area (Å²) in [5.74, 6) is -0.00706. The molecule has 8 aromatic carbocycles. The van der Waals surface area contributed by atoms with E-state index < -0.39 is 0 Å². The molecule has 0 saturated heterocycles. The van der Waals surface area contributed by atoms with Gasteiger partial charge in [0.2, 0.25) is 0 Å². The van der Waals surface area contributed by atoms with E-state index in [2.05, 4.69) is 123 Å². The molecule has 10 rings (SSSR count). The molecule has 0 radical (unpaired) electrons. The minimum atomic E-state index is -0.00353. The molecule has 304 valence electrons. The molecule has 0 spiro atoms. The van der Waals surface area contributed by atoms with E-state index in [1.165, 1.54) is 0 Å². The topological polar surface area (TPSA) is 34.1 Å². The summed E-state index contributed by atoms with van der Waals surface area (Å²) in [5.41, 5.74) is 16.6. The number of allylic oxidation sites excluding steroid dienone is 10. The molecule has 0 saturated carbocycles. The van der Waals surface area contributed by atoms with Gasteiger partial charge in [0.15, 0.2) is 11.6 Å². The monoisotopic (exact) mass is 820 g/mol. The Bertz CT molecular complexity index is 2970. The largest absolute Gasteiger partial charge is 0.289 e. The predicted molar refractivity (Wildman–Crippen MR) is 266 cm³/mol. The van der Waals surface area contributed by atoms with Crippen LogP contribution in [0.25, 0.3) is 44.2 Å². The van der Waals surface area contributed by atoms with Crippen molar-refractivity contribution in [3.05, 3.63) is 297 Å². The van der Waals surface area contributed by atoms with Gasteiger partial charge in [0.25, 0.3) is 0 Å². The summed E-state index contributed by atoms with van der Waals surface area (Å²) in [7, 11) is 0. The van der Waals surface area contributed by atoms with Crippen molar-refractivity contribution < 1.29 is 9.59 Å². The van der Waals surface area contributed by atoms with Gasteiger partial charge in [-0.05, 0) is 116 Å². The van der Waals surface area contributed by atoms with Gasteiger partial charge in [-0.1, -0.05) is 217 Å². The second-order valence-electron chi connectivity index (χ2n) is 16.5. The fourth-order valence-electron chi connectivity index (χ4n) is 9.17. The summed E-state index contributed by atoms with van der Waals surface area (Å²) in [4.78, 5) is 29.0. The van der Waals surface area contributed by atoms with Crippen LogP contribution in [0.4, 0.5) is 0 Å². The smallest absolute Gasteiger partial charge is 0.194 e. The van der Waals surface area contributed by atoms with E-state index in [-0.39, 0.29) is 11.6 Å². The summed E-state index contributed by atoms with van der Waals surface area (Å²) in [6, 6.07) is 70.3. The molecule has 0 unspecified atom stereocenters. The molecule has 0 amide bonds. The third-order valence-electron chi connectivity index (χ3n) is 12.2. The number of carbonyl (C=O) groups is 2. The van der Waals surface area contributed by atoms with E-state index in [1.807, 2.05) is 121 Å². The summed E-state index contributed by atoms with van der Waals surface area (Å²) in [5, 5.41) is 2.14. The Morgan fingerprint density at radius 2 is 0.609 bits per heavy atom. The second kappa shape index (κ2) is 17.3. The molecular weight excluding hydrogens is 777 g/mol. The fraction of sp³-hybridized carbons (Fsp3) is 0.0323. The summed E-state index contributed by atoms with van der Waals surface area (Å²) >= 11 is 0. The van der Waals surface area contributed by atoms with Crippen LogP contribution >= 0.6 is 0 Å². The number of hydrogen-bond acceptors (Lipinski definition) is 2. The Hall–Kier alpha value is -8.20. The molecule has 0 bridgehead atoms. The molecule has 2 nitrogen and oxygen atoms in total. The van der Waals surface area contributed by atoms with Gasteiger partial charge < -0.3 is 0 Å². The SMILES string of the molecule is Cc1cccc(C(=C2C=C(c3ccccc3)C(=O)C(c3ccccc3)=C2)c2ccc(C(=C3C=C(c4ccccc4)C(=O)C(c4ccccc4)=C3)c3cccc(C)c3)c3ccccc23)c1. The van der Waals surface area contributed by atoms with Crippen molar-refractivity contribution in [1.29, 1.82) is 0 Å². The second-order valence-corrected chi connectivity index (χ2v) is 16.5. The van der Waals surface area contributed by atoms with E-state index in [9.17, 15) is 9.59 Å². The van der Waals surface area contributed by atoms with Crippen molar-refractivity contribution in [1.82, 2.24) is 0 Å². The lowest BCUT2D eigenvalue weighted by Crippen LogP contribution is -2.11. The quantitative estimate of drug-likeness (QED) is 0.153. The highest BCUT2D eigenvalue weighted by atomic mass is 16.1. The molecule has 0 N–H and O–H groups in total. The highest BCUT2D eigenvalue weighted by molar-refractivity contribution is 6.45. The van der Waals surface area contributed by atoms with Gasteiger partial charge in [0.05, 0.1) is 0 Å². The number of fused-ring (bicyclic) bond motifs is 1. The minimum absolute atomic E-state index is 0.00353. The van der Waals surface area contributed by atoms with Crippen LogP contribution in [0.3, 0.4) is 0 Å². The lowest BCUT2D eigenvalue weighted by atomic mass is 9.79. The molecule has 8 aromatic rings. The van der Waals surface area contributed by atoms with E-state index in [1.54, 1.807) is 0 Å². The van der Waals surface area contributed by atoms with E-state index in [4.69, 9.17) is 0 Å². The third-order valence-corrected chi connectivity index (χ3v) is 12.2. The maximum atomic E-state index is 14.5. The number of carbonyl (C=O) groups excluding carboxylic acids is 2. The normalized spacial score (nSPS) is 13.8. The van der Waals surface area contributed by atoms with Gasteiger partial charge in [-0.2, -0.15) is 0 Å². The van der Waals surface area contributed by atoms with Gasteiger partial charge in [-0.25, -0.2) is 0 Å². The number of Topliss-reactive ketones (excluding diaryl/α,β-unsaturated/α-hetero) is 2. The van der Waals surface area contributed by atoms with Gasteiger partial charge in [0.1, 0.15) is 0 Å². The first kappa shape index (κ1) is 39.9. The Morgan fingerprint density at radius 1 is 0.312 bits per heavy atom. The number of hydrogen-bond donors (Lipinski definition) is 0. The Kier molecular flexibility index (Phi) is 10.8. The molecule has 0 aliphatic heterocycles. The van der Waals surface area contributed by atoms with Gasteiger partial charge in [-0.15, -0.1) is 0 Å². The van der Waals surface area contributed by atoms with Crippen molar-refractivity contribution in [2.45, 2.75) is 13.8 Å². The standard InChI is InChI=1S/C62H44O2/c1-41-19-17-29-47(35-41)59(49-37-55(43-21-7-3-8-22-43)61(63)56(38-49)44-23-9-4-10-24-44)53-33-34-54(52-32-16-15-31-51(52)53)60(48-30-18-20-42(2)36-48)50-39-57(45-25-11-5-12-26-45)62(64)58(40-50)46-27-13-6-14-28-46/h3-40H,1-2H3. The van der Waals surface area contributed by atoms with E-state index >= 15 is 0 Å². The average molecular weight is 821 g/mol. The summed E-state index contributed by atoms with van der Waals surface area (Å²) < 4.78 is 0. The zero-order valence-electron chi connectivity index (χ0n) is 35.8. The molecule has 2 aliphatic rings. The number of aryl methyl sites for hydroxylation is 2. The Balaban J connectivity index is 1.29. The first-order valence-electron chi connectivity index (χ1n) is 21.7. The van der Waals surface area contributed by atoms with Crippen LogP contribution in [-0.2, 0) is 9.59 Å². The van der Waals surface area contributed by atoms with Gasteiger partial charge in [0, 0.05) is 22.3 Å². The van der Waals surface area contributed by atoms with Crippen molar-refractivity contribution in [3.8, 4) is 0 Å². The van der Waals surface area contributed by atoms with Crippen LogP contribution in [0.1, 0.15) is 55.6 Å². The highest BCUT2D eigenvalue weighted by Gasteiger charge is 2.28. The average Bonchev–Trinajstić information content (AvgIpc) is 3.34. The number of rotatable bonds is 8. The fourth-order valence-corrected chi connectivity index (χ4v) is 9.17. The summed E-state index contributed by atoms with van der Waals surface area (Å²) in [6.45, 7) is 4.25. The van der Waals surface area contributed by atoms with Crippen LogP contribution in [0, 0.1) is 13.8 Å². The lowest BCUT2D eigenvalue weighted by molar-refractivity contribution is -0.109. The summed E-state index contributed by atoms with van der Waals surface area (Å²) in [6.07, 6.45) is 8.32. The molecule has 64 heavy (non-hydrogen) atoms. The highest BCUT2D eigenvalue weighted by Crippen LogP contribution is 2.44. The van der Waals surface area contributed by atoms with Gasteiger partial charge >= 0.3 is 0 Å². The van der Waals surface area contributed by atoms with Crippen LogP contribution in [-0.4, -0.2) is 11.6 Å². The zero-order valence-corrected chi connectivity index (χ0v) is 35.8. The maximum absolute atomic E-state index is 14.5. The maximum Gasteiger partial charge on any atom is 0.194 e. The molecule has 2 heteroatoms. The van der Waals surface area contributed by atoms with Crippen molar-refractivity contribution >= 4 is 55.8 Å². The molecular formula is C62H44O2. The number of ketones is 2. The first-order valence-corrected chi connectivity index (χ1v) is 21.7. The number of benzene rings is 8. The molecule has 2 aliphatic carbocycles. The Labute approximate surface area is 374 Å². The molecule has 0 atom stereocenters. The van der Waals surface area contributed by atoms with Crippen molar-refractivity contribution in [3.63, 3.8) is 0 Å².